The molecule has 4 aliphatic carbocycles. The van der Waals surface area contributed by atoms with E-state index in [1.807, 2.05) is 19.1 Å². The fourth-order valence-corrected chi connectivity index (χ4v) is 9.72. The van der Waals surface area contributed by atoms with Gasteiger partial charge in [-0.25, -0.2) is 8.42 Å². The van der Waals surface area contributed by atoms with Gasteiger partial charge in [0.05, 0.1) is 4.90 Å². The van der Waals surface area contributed by atoms with E-state index >= 15 is 0 Å². The topological polar surface area (TPSA) is 92.3 Å². The van der Waals surface area contributed by atoms with Crippen LogP contribution in [0.15, 0.2) is 29.2 Å². The van der Waals surface area contributed by atoms with Crippen LogP contribution in [0.3, 0.4) is 0 Å². The molecule has 2 aromatic rings. The fraction of sp³-hybridized carbons (Fsp3) is 0.640. The van der Waals surface area contributed by atoms with Crippen molar-refractivity contribution in [3.63, 3.8) is 0 Å². The lowest BCUT2D eigenvalue weighted by Crippen LogP contribution is -2.48. The summed E-state index contributed by atoms with van der Waals surface area (Å²) in [6.45, 7) is 2.64. The van der Waals surface area contributed by atoms with Crippen molar-refractivity contribution in [2.75, 3.05) is 18.4 Å². The maximum atomic E-state index is 12.9. The van der Waals surface area contributed by atoms with Crippen molar-refractivity contribution in [3.8, 4) is 0 Å². The van der Waals surface area contributed by atoms with Gasteiger partial charge in [-0.1, -0.05) is 29.0 Å². The summed E-state index contributed by atoms with van der Waals surface area (Å²) < 4.78 is 27.4. The van der Waals surface area contributed by atoms with E-state index in [2.05, 4.69) is 15.5 Å². The van der Waals surface area contributed by atoms with E-state index in [1.54, 1.807) is 23.5 Å². The van der Waals surface area contributed by atoms with Crippen molar-refractivity contribution >= 4 is 32.4 Å². The summed E-state index contributed by atoms with van der Waals surface area (Å²) in [6.07, 6.45) is 8.88. The summed E-state index contributed by atoms with van der Waals surface area (Å²) in [6, 6.07) is 6.93. The van der Waals surface area contributed by atoms with Gasteiger partial charge in [0.2, 0.25) is 21.1 Å². The largest absolute Gasteiger partial charge is 0.300 e. The molecule has 1 N–H and O–H groups in total. The van der Waals surface area contributed by atoms with Crippen LogP contribution in [0.25, 0.3) is 0 Å². The van der Waals surface area contributed by atoms with E-state index in [1.165, 1.54) is 42.8 Å². The summed E-state index contributed by atoms with van der Waals surface area (Å²) in [5, 5.41) is 13.6. The Kier molecular flexibility index (Phi) is 5.57. The zero-order valence-electron chi connectivity index (χ0n) is 19.6. The minimum Gasteiger partial charge on any atom is -0.300 e. The molecule has 5 fully saturated rings. The normalized spacial score (nSPS) is 31.6. The minimum atomic E-state index is -3.52. The third-order valence-electron chi connectivity index (χ3n) is 8.63. The quantitative estimate of drug-likeness (QED) is 0.659. The van der Waals surface area contributed by atoms with Gasteiger partial charge in [-0.3, -0.25) is 4.79 Å². The van der Waals surface area contributed by atoms with Crippen molar-refractivity contribution in [3.05, 3.63) is 34.8 Å². The number of nitrogens with one attached hydrogen (secondary N) is 1. The molecule has 1 aromatic heterocycles. The molecule has 1 aromatic carbocycles. The average molecular weight is 501 g/mol. The molecule has 4 bridgehead atoms. The maximum absolute atomic E-state index is 12.9. The molecule has 1 aliphatic heterocycles. The molecule has 1 amide bonds. The highest BCUT2D eigenvalue weighted by Gasteiger charge is 2.53. The first kappa shape index (κ1) is 22.6. The number of carbonyl (C=O) groups excluding carboxylic acids is 1. The van der Waals surface area contributed by atoms with E-state index in [9.17, 15) is 13.2 Å². The third kappa shape index (κ3) is 3.99. The molecule has 0 atom stereocenters. The molecule has 1 saturated heterocycles. The summed E-state index contributed by atoms with van der Waals surface area (Å²) in [7, 11) is -3.52. The van der Waals surface area contributed by atoms with Gasteiger partial charge in [0, 0.05) is 24.4 Å². The predicted octanol–water partition coefficient (Wildman–Crippen LogP) is 4.35. The van der Waals surface area contributed by atoms with Gasteiger partial charge in [-0.05, 0) is 88.2 Å². The second kappa shape index (κ2) is 8.38. The van der Waals surface area contributed by atoms with Gasteiger partial charge < -0.3 is 5.32 Å². The number of piperidine rings is 1. The lowest BCUT2D eigenvalue weighted by molar-refractivity contribution is -0.120. The Bertz CT molecular complexity index is 1150. The molecule has 9 heteroatoms. The number of rotatable bonds is 5. The smallest absolute Gasteiger partial charge is 0.243 e. The third-order valence-corrected chi connectivity index (χ3v) is 11.6. The molecule has 2 heterocycles. The van der Waals surface area contributed by atoms with Gasteiger partial charge in [-0.2, -0.15) is 4.31 Å². The second-order valence-electron chi connectivity index (χ2n) is 11.1. The maximum Gasteiger partial charge on any atom is 0.243 e. The number of sulfonamides is 1. The van der Waals surface area contributed by atoms with Crippen LogP contribution in [0.2, 0.25) is 0 Å². The molecule has 0 unspecified atom stereocenters. The number of hydrogen-bond acceptors (Lipinski definition) is 6. The van der Waals surface area contributed by atoms with Gasteiger partial charge in [0.1, 0.15) is 5.01 Å². The number of aromatic nitrogens is 2. The van der Waals surface area contributed by atoms with Crippen LogP contribution in [0.5, 0.6) is 0 Å². The Morgan fingerprint density at radius 2 is 1.59 bits per heavy atom. The first-order valence-electron chi connectivity index (χ1n) is 12.5. The SMILES string of the molecule is Cc1ccc(S(=O)(=O)N2CCC(C(=O)Nc3nnc(C45CC6CC(CC(C6)C4)C5)s3)CC2)cc1. The summed E-state index contributed by atoms with van der Waals surface area (Å²) >= 11 is 1.56. The predicted molar refractivity (Wildman–Crippen MR) is 131 cm³/mol. The van der Waals surface area contributed by atoms with Crippen LogP contribution in [0.4, 0.5) is 5.13 Å². The molecular formula is C25H32N4O3S2. The molecule has 5 aliphatic rings. The van der Waals surface area contributed by atoms with Gasteiger partial charge in [-0.15, -0.1) is 10.2 Å². The Labute approximate surface area is 205 Å². The van der Waals surface area contributed by atoms with Gasteiger partial charge in [0.25, 0.3) is 0 Å². The monoisotopic (exact) mass is 500 g/mol. The Hall–Kier alpha value is -1.84. The highest BCUT2D eigenvalue weighted by molar-refractivity contribution is 7.89. The van der Waals surface area contributed by atoms with Crippen molar-refractivity contribution in [2.24, 2.45) is 23.7 Å². The van der Waals surface area contributed by atoms with Crippen molar-refractivity contribution < 1.29 is 13.2 Å². The Morgan fingerprint density at radius 3 is 2.18 bits per heavy atom. The van der Waals surface area contributed by atoms with Gasteiger partial charge >= 0.3 is 0 Å². The fourth-order valence-electron chi connectivity index (χ4n) is 7.29. The first-order valence-corrected chi connectivity index (χ1v) is 14.8. The highest BCUT2D eigenvalue weighted by atomic mass is 32.2. The Balaban J connectivity index is 1.08. The van der Waals surface area contributed by atoms with Crippen LogP contribution in [0.1, 0.15) is 61.9 Å². The van der Waals surface area contributed by atoms with Crippen molar-refractivity contribution in [1.82, 2.24) is 14.5 Å². The molecule has 7 nitrogen and oxygen atoms in total. The van der Waals surface area contributed by atoms with E-state index in [-0.39, 0.29) is 17.2 Å². The van der Waals surface area contributed by atoms with Crippen LogP contribution in [-0.4, -0.2) is 41.9 Å². The second-order valence-corrected chi connectivity index (χ2v) is 14.0. The molecule has 4 saturated carbocycles. The number of carbonyl (C=O) groups is 1. The van der Waals surface area contributed by atoms with Crippen LogP contribution in [0, 0.1) is 30.6 Å². The molecule has 7 rings (SSSR count). The lowest BCUT2D eigenvalue weighted by Gasteiger charge is -2.55. The number of amides is 1. The highest BCUT2D eigenvalue weighted by Crippen LogP contribution is 2.61. The van der Waals surface area contributed by atoms with E-state index < -0.39 is 10.0 Å². The number of anilines is 1. The zero-order valence-corrected chi connectivity index (χ0v) is 21.2. The number of hydrogen-bond donors (Lipinski definition) is 1. The van der Waals surface area contributed by atoms with E-state index in [0.29, 0.717) is 36.0 Å². The summed E-state index contributed by atoms with van der Waals surface area (Å²) in [5.41, 5.74) is 1.21. The zero-order chi connectivity index (χ0) is 23.5. The van der Waals surface area contributed by atoms with Gasteiger partial charge in [0.15, 0.2) is 0 Å². The summed E-state index contributed by atoms with van der Waals surface area (Å²) in [5.74, 6) is 2.25. The van der Waals surface area contributed by atoms with Crippen molar-refractivity contribution in [1.29, 1.82) is 0 Å². The van der Waals surface area contributed by atoms with Crippen LogP contribution < -0.4 is 5.32 Å². The number of benzene rings is 1. The van der Waals surface area contributed by atoms with E-state index in [0.717, 1.165) is 28.3 Å². The molecular weight excluding hydrogens is 468 g/mol. The van der Waals surface area contributed by atoms with Crippen LogP contribution >= 0.6 is 11.3 Å². The molecule has 34 heavy (non-hydrogen) atoms. The minimum absolute atomic E-state index is 0.0689. The lowest BCUT2D eigenvalue weighted by atomic mass is 9.50. The van der Waals surface area contributed by atoms with Crippen molar-refractivity contribution in [2.45, 2.75) is 68.6 Å². The number of aryl methyl sites for hydroxylation is 1. The van der Waals surface area contributed by atoms with Crippen LogP contribution in [-0.2, 0) is 20.2 Å². The Morgan fingerprint density at radius 1 is 1.00 bits per heavy atom. The van der Waals surface area contributed by atoms with E-state index in [4.69, 9.17) is 0 Å². The molecule has 0 radical (unpaired) electrons. The number of nitrogens with zero attached hydrogens (tertiary/aromatic N) is 3. The molecule has 182 valence electrons. The standard InChI is InChI=1S/C25H32N4O3S2/c1-16-2-4-21(5-3-16)34(31,32)29-8-6-20(7-9-29)22(30)26-24-28-27-23(33-24)25-13-17-10-18(14-25)12-19(11-17)15-25/h2-5,17-20H,6-15H2,1H3,(H,26,28,30). The molecule has 0 spiro atoms. The summed E-state index contributed by atoms with van der Waals surface area (Å²) in [4.78, 5) is 13.3. The average Bonchev–Trinajstić information content (AvgIpc) is 3.28. The first-order chi connectivity index (χ1) is 16.3.